The van der Waals surface area contributed by atoms with Crippen LogP contribution in [0.25, 0.3) is 6.08 Å². The Morgan fingerprint density at radius 2 is 1.76 bits per heavy atom. The Bertz CT molecular complexity index is 1560. The van der Waals surface area contributed by atoms with E-state index in [4.69, 9.17) is 4.74 Å². The predicted molar refractivity (Wildman–Crippen MR) is 170 cm³/mol. The van der Waals surface area contributed by atoms with E-state index in [0.717, 1.165) is 22.2 Å². The van der Waals surface area contributed by atoms with Crippen LogP contribution in [0.5, 0.6) is 5.75 Å². The van der Waals surface area contributed by atoms with Gasteiger partial charge in [0.2, 0.25) is 16.2 Å². The molecule has 12 heteroatoms. The zero-order chi connectivity index (χ0) is 29.9. The van der Waals surface area contributed by atoms with Gasteiger partial charge in [0, 0.05) is 27.7 Å². The third-order valence-electron chi connectivity index (χ3n) is 5.64. The number of aromatic nitrogens is 2. The Morgan fingerprint density at radius 3 is 2.48 bits per heavy atom. The number of amides is 3. The molecular weight excluding hydrogens is 591 g/mol. The molecule has 0 saturated carbocycles. The number of benzene rings is 3. The minimum Gasteiger partial charge on any atom is -0.497 e. The number of ether oxygens (including phenoxy) is 1. The number of thioether (sulfide) groups is 2. The highest BCUT2D eigenvalue weighted by Crippen LogP contribution is 2.28. The second-order valence-corrected chi connectivity index (χ2v) is 12.1. The number of anilines is 2. The Labute approximate surface area is 256 Å². The number of carbonyl (C=O) groups is 3. The average Bonchev–Trinajstić information content (AvgIpc) is 3.44. The smallest absolute Gasteiger partial charge is 0.272 e. The fourth-order valence-electron chi connectivity index (χ4n) is 3.57. The van der Waals surface area contributed by atoms with Crippen molar-refractivity contribution < 1.29 is 19.1 Å². The van der Waals surface area contributed by atoms with Crippen molar-refractivity contribution in [2.45, 2.75) is 29.1 Å². The van der Waals surface area contributed by atoms with Gasteiger partial charge in [-0.1, -0.05) is 55.1 Å². The summed E-state index contributed by atoms with van der Waals surface area (Å²) in [6.07, 6.45) is 1.60. The molecule has 9 nitrogen and oxygen atoms in total. The zero-order valence-electron chi connectivity index (χ0n) is 23.1. The zero-order valence-corrected chi connectivity index (χ0v) is 25.6. The summed E-state index contributed by atoms with van der Waals surface area (Å²) in [5.41, 5.74) is 1.70. The van der Waals surface area contributed by atoms with Crippen LogP contribution in [0, 0.1) is 0 Å². The second-order valence-electron chi connectivity index (χ2n) is 8.70. The molecular formula is C30H29N5O4S3. The lowest BCUT2D eigenvalue weighted by Gasteiger charge is -2.13. The van der Waals surface area contributed by atoms with Crippen LogP contribution >= 0.6 is 35.1 Å². The maximum atomic E-state index is 13.4. The second kappa shape index (κ2) is 15.2. The molecule has 1 heterocycles. The number of nitrogens with one attached hydrogen (secondary N) is 3. The van der Waals surface area contributed by atoms with Crippen LogP contribution in [0.4, 0.5) is 10.8 Å². The molecule has 0 spiro atoms. The lowest BCUT2D eigenvalue weighted by Crippen LogP contribution is -2.30. The lowest BCUT2D eigenvalue weighted by molar-refractivity contribution is -0.115. The van der Waals surface area contributed by atoms with E-state index in [0.29, 0.717) is 32.9 Å². The van der Waals surface area contributed by atoms with Crippen LogP contribution in [0.2, 0.25) is 0 Å². The first kappa shape index (κ1) is 30.8. The minimum absolute atomic E-state index is 0.0671. The van der Waals surface area contributed by atoms with Gasteiger partial charge in [-0.05, 0) is 66.8 Å². The Balaban J connectivity index is 1.46. The quantitative estimate of drug-likeness (QED) is 0.127. The normalized spacial score (nSPS) is 11.8. The molecule has 0 bridgehead atoms. The highest BCUT2D eigenvalue weighted by Gasteiger charge is 2.18. The van der Waals surface area contributed by atoms with E-state index in [2.05, 4.69) is 25.3 Å². The number of methoxy groups -OCH3 is 1. The molecule has 4 rings (SSSR count). The first-order valence-corrected chi connectivity index (χ1v) is 15.6. The van der Waals surface area contributed by atoms with Crippen LogP contribution in [0.15, 0.2) is 94.6 Å². The summed E-state index contributed by atoms with van der Waals surface area (Å²) in [7, 11) is 1.57. The summed E-state index contributed by atoms with van der Waals surface area (Å²) in [5, 5.41) is 9.07. The van der Waals surface area contributed by atoms with Crippen LogP contribution in [0.1, 0.15) is 29.8 Å². The average molecular weight is 620 g/mol. The molecule has 0 radical (unpaired) electrons. The maximum Gasteiger partial charge on any atom is 0.272 e. The van der Waals surface area contributed by atoms with E-state index in [-0.39, 0.29) is 11.6 Å². The van der Waals surface area contributed by atoms with E-state index >= 15 is 0 Å². The molecule has 0 aliphatic rings. The van der Waals surface area contributed by atoms with Gasteiger partial charge in [-0.2, -0.15) is 9.36 Å². The monoisotopic (exact) mass is 619 g/mol. The topological polar surface area (TPSA) is 122 Å². The summed E-state index contributed by atoms with van der Waals surface area (Å²) in [4.78, 5) is 44.1. The van der Waals surface area contributed by atoms with Crippen molar-refractivity contribution in [2.24, 2.45) is 0 Å². The van der Waals surface area contributed by atoms with Gasteiger partial charge in [0.1, 0.15) is 11.4 Å². The van der Waals surface area contributed by atoms with Gasteiger partial charge >= 0.3 is 0 Å². The molecule has 3 amide bonds. The van der Waals surface area contributed by atoms with E-state index in [9.17, 15) is 14.4 Å². The Kier molecular flexibility index (Phi) is 11.2. The van der Waals surface area contributed by atoms with E-state index < -0.39 is 17.1 Å². The summed E-state index contributed by atoms with van der Waals surface area (Å²) < 4.78 is 9.43. The summed E-state index contributed by atoms with van der Waals surface area (Å²) >= 11 is 4.00. The third kappa shape index (κ3) is 8.93. The lowest BCUT2D eigenvalue weighted by atomic mass is 10.1. The van der Waals surface area contributed by atoms with Gasteiger partial charge in [0.15, 0.2) is 0 Å². The van der Waals surface area contributed by atoms with Gasteiger partial charge in [-0.25, -0.2) is 0 Å². The van der Waals surface area contributed by atoms with Crippen molar-refractivity contribution in [2.75, 3.05) is 23.5 Å². The van der Waals surface area contributed by atoms with Gasteiger partial charge in [0.05, 0.1) is 12.4 Å². The van der Waals surface area contributed by atoms with E-state index in [1.54, 1.807) is 86.8 Å². The molecule has 3 aromatic carbocycles. The SMILES string of the molecule is CCSc1nsc(NC(=O)C(C)Sc2cccc(NC(=O)/C(=C\c3ccc(OC)cc3)NC(=O)c3ccccc3)c2)n1. The fourth-order valence-corrected chi connectivity index (χ4v) is 5.77. The fraction of sp³-hybridized carbons (Fsp3) is 0.167. The van der Waals surface area contributed by atoms with Gasteiger partial charge < -0.3 is 15.4 Å². The van der Waals surface area contributed by atoms with Crippen LogP contribution in [0.3, 0.4) is 0 Å². The number of carbonyl (C=O) groups excluding carboxylic acids is 3. The van der Waals surface area contributed by atoms with Crippen LogP contribution in [-0.2, 0) is 9.59 Å². The minimum atomic E-state index is -0.500. The Hall–Kier alpha value is -4.13. The maximum absolute atomic E-state index is 13.4. The molecule has 0 fully saturated rings. The van der Waals surface area contributed by atoms with Crippen molar-refractivity contribution in [1.82, 2.24) is 14.7 Å². The van der Waals surface area contributed by atoms with Gasteiger partial charge in [-0.15, -0.1) is 11.8 Å². The number of hydrogen-bond donors (Lipinski definition) is 3. The molecule has 42 heavy (non-hydrogen) atoms. The van der Waals surface area contributed by atoms with E-state index in [1.165, 1.54) is 23.5 Å². The molecule has 1 atom stereocenters. The largest absolute Gasteiger partial charge is 0.497 e. The molecule has 1 aromatic heterocycles. The van der Waals surface area contributed by atoms with Gasteiger partial charge in [-0.3, -0.25) is 19.7 Å². The van der Waals surface area contributed by atoms with Crippen LogP contribution in [-0.4, -0.2) is 45.2 Å². The molecule has 0 saturated heterocycles. The van der Waals surface area contributed by atoms with Crippen molar-refractivity contribution in [3.63, 3.8) is 0 Å². The highest BCUT2D eigenvalue weighted by atomic mass is 32.2. The molecule has 216 valence electrons. The summed E-state index contributed by atoms with van der Waals surface area (Å²) in [5.74, 6) is 0.409. The van der Waals surface area contributed by atoms with Crippen molar-refractivity contribution >= 4 is 69.7 Å². The Morgan fingerprint density at radius 1 is 1.00 bits per heavy atom. The third-order valence-corrected chi connectivity index (χ3v) is 8.21. The predicted octanol–water partition coefficient (Wildman–Crippen LogP) is 6.19. The molecule has 0 aliphatic heterocycles. The molecule has 0 aliphatic carbocycles. The summed E-state index contributed by atoms with van der Waals surface area (Å²) in [6.45, 7) is 3.81. The van der Waals surface area contributed by atoms with E-state index in [1.807, 2.05) is 19.1 Å². The first-order valence-electron chi connectivity index (χ1n) is 12.9. The highest BCUT2D eigenvalue weighted by molar-refractivity contribution is 8.00. The van der Waals surface area contributed by atoms with Crippen LogP contribution < -0.4 is 20.7 Å². The van der Waals surface area contributed by atoms with Crippen molar-refractivity contribution in [1.29, 1.82) is 0 Å². The summed E-state index contributed by atoms with van der Waals surface area (Å²) in [6, 6.07) is 22.9. The molecule has 1 unspecified atom stereocenters. The standard InChI is InChI=1S/C30H29N5O4S3/c1-4-40-30-34-29(42-35-30)33-26(36)19(2)41-24-12-8-11-22(18-24)31-28(38)25(17-20-13-15-23(39-3)16-14-20)32-27(37)21-9-6-5-7-10-21/h5-19H,4H2,1-3H3,(H,31,38)(H,32,37)(H,33,34,35,36)/b25-17+. The van der Waals surface area contributed by atoms with Crippen molar-refractivity contribution in [3.8, 4) is 5.75 Å². The molecule has 3 N–H and O–H groups in total. The number of nitrogens with zero attached hydrogens (tertiary/aromatic N) is 2. The molecule has 4 aromatic rings. The number of hydrogen-bond acceptors (Lipinski definition) is 9. The first-order chi connectivity index (χ1) is 20.3. The van der Waals surface area contributed by atoms with Gasteiger partial charge in [0.25, 0.3) is 11.8 Å². The number of rotatable bonds is 12. The van der Waals surface area contributed by atoms with Crippen molar-refractivity contribution in [3.05, 3.63) is 95.7 Å².